The highest BCUT2D eigenvalue weighted by Gasteiger charge is 2.61. The van der Waals surface area contributed by atoms with Gasteiger partial charge in [0, 0.05) is 19.3 Å². The third-order valence-corrected chi connectivity index (χ3v) is 9.86. The minimum absolute atomic E-state index is 0.0313. The van der Waals surface area contributed by atoms with Crippen molar-refractivity contribution >= 4 is 11.9 Å². The van der Waals surface area contributed by atoms with Crippen molar-refractivity contribution in [2.45, 2.75) is 85.7 Å². The molecule has 3 saturated carbocycles. The summed E-state index contributed by atoms with van der Waals surface area (Å²) in [6.07, 6.45) is 11.5. The smallest absolute Gasteiger partial charge is 0.337 e. The van der Waals surface area contributed by atoms with Crippen LogP contribution in [0.2, 0.25) is 0 Å². The average molecular weight is 455 g/mol. The second kappa shape index (κ2) is 8.02. The first kappa shape index (κ1) is 22.7. The Labute approximate surface area is 197 Å². The third-order valence-electron chi connectivity index (χ3n) is 9.86. The predicted molar refractivity (Wildman–Crippen MR) is 125 cm³/mol. The van der Waals surface area contributed by atoms with Crippen LogP contribution in [0, 0.1) is 34.5 Å². The van der Waals surface area contributed by atoms with Crippen LogP contribution in [0.15, 0.2) is 34.8 Å². The lowest BCUT2D eigenvalue weighted by molar-refractivity contribution is -0.148. The number of hydrogen-bond acceptors (Lipinski definition) is 5. The molecule has 0 bridgehead atoms. The molecule has 0 saturated heterocycles. The molecule has 0 radical (unpaired) electrons. The van der Waals surface area contributed by atoms with Crippen LogP contribution < -0.4 is 0 Å². The summed E-state index contributed by atoms with van der Waals surface area (Å²) in [5, 5.41) is 0. The van der Waals surface area contributed by atoms with Crippen molar-refractivity contribution in [3.05, 3.63) is 34.8 Å². The molecule has 5 heteroatoms. The summed E-state index contributed by atoms with van der Waals surface area (Å²) in [5.41, 5.74) is 3.80. The summed E-state index contributed by atoms with van der Waals surface area (Å²) >= 11 is 0. The summed E-state index contributed by atoms with van der Waals surface area (Å²) in [7, 11) is 0. The minimum atomic E-state index is -0.229. The highest BCUT2D eigenvalue weighted by Crippen LogP contribution is 2.68. The topological polar surface area (TPSA) is 61.8 Å². The molecule has 7 atom stereocenters. The number of fused-ring (bicyclic) bond motifs is 7. The molecule has 4 aliphatic carbocycles. The number of ether oxygens (including phenoxy) is 3. The fourth-order valence-electron chi connectivity index (χ4n) is 8.45. The summed E-state index contributed by atoms with van der Waals surface area (Å²) in [4.78, 5) is 24.3. The van der Waals surface area contributed by atoms with Gasteiger partial charge in [-0.25, -0.2) is 4.79 Å². The van der Waals surface area contributed by atoms with E-state index >= 15 is 0 Å². The molecule has 1 aliphatic heterocycles. The molecule has 0 spiro atoms. The Morgan fingerprint density at radius 2 is 1.91 bits per heavy atom. The molecule has 0 aromatic heterocycles. The van der Waals surface area contributed by atoms with Crippen molar-refractivity contribution < 1.29 is 23.8 Å². The van der Waals surface area contributed by atoms with E-state index in [0.29, 0.717) is 29.9 Å². The van der Waals surface area contributed by atoms with Crippen molar-refractivity contribution in [1.82, 2.24) is 0 Å². The van der Waals surface area contributed by atoms with Crippen molar-refractivity contribution in [2.75, 3.05) is 6.61 Å². The zero-order valence-corrected chi connectivity index (χ0v) is 20.7. The Bertz CT molecular complexity index is 957. The lowest BCUT2D eigenvalue weighted by atomic mass is 9.48. The van der Waals surface area contributed by atoms with E-state index < -0.39 is 0 Å². The molecule has 0 aromatic rings. The highest BCUT2D eigenvalue weighted by molar-refractivity contribution is 5.90. The quantitative estimate of drug-likeness (QED) is 0.395. The van der Waals surface area contributed by atoms with Gasteiger partial charge in [0.15, 0.2) is 0 Å². The van der Waals surface area contributed by atoms with E-state index in [4.69, 9.17) is 14.2 Å². The van der Waals surface area contributed by atoms with Gasteiger partial charge in [0.25, 0.3) is 0 Å². The highest BCUT2D eigenvalue weighted by atomic mass is 16.5. The van der Waals surface area contributed by atoms with E-state index in [0.717, 1.165) is 44.3 Å². The van der Waals surface area contributed by atoms with Crippen LogP contribution >= 0.6 is 0 Å². The molecule has 5 rings (SSSR count). The van der Waals surface area contributed by atoms with Gasteiger partial charge in [-0.15, -0.1) is 0 Å². The lowest BCUT2D eigenvalue weighted by Gasteiger charge is -2.57. The first-order valence-electron chi connectivity index (χ1n) is 12.8. The number of esters is 2. The van der Waals surface area contributed by atoms with E-state index in [1.165, 1.54) is 24.5 Å². The third kappa shape index (κ3) is 3.40. The van der Waals surface area contributed by atoms with E-state index in [9.17, 15) is 9.59 Å². The zero-order chi connectivity index (χ0) is 23.5. The SMILES string of the molecule is CCOC(=O)C1=COC(C)=C2[C@H]1C[C@H]1[C@@H]3CC=C4C[C@@H](OC(C)=O)CC[C@]4(C)[C@H]3CC[C@]21C. The largest absolute Gasteiger partial charge is 0.469 e. The molecule has 5 nitrogen and oxygen atoms in total. The molecule has 3 fully saturated rings. The first-order valence-corrected chi connectivity index (χ1v) is 12.8. The molecule has 0 amide bonds. The molecule has 0 unspecified atom stereocenters. The molecule has 0 N–H and O–H groups in total. The van der Waals surface area contributed by atoms with Gasteiger partial charge >= 0.3 is 11.9 Å². The molecule has 5 aliphatic rings. The van der Waals surface area contributed by atoms with Crippen molar-refractivity contribution in [3.63, 3.8) is 0 Å². The summed E-state index contributed by atoms with van der Waals surface area (Å²) in [6, 6.07) is 0. The van der Waals surface area contributed by atoms with E-state index in [-0.39, 0.29) is 34.8 Å². The Morgan fingerprint density at radius 3 is 2.64 bits per heavy atom. The summed E-state index contributed by atoms with van der Waals surface area (Å²) in [6.45, 7) is 10.7. The standard InChI is InChI=1S/C28H38O5/c1-6-31-26(30)22-15-32-16(2)25-21(22)14-24-20-8-7-18-13-19(33-17(3)29)9-11-27(18,4)23(20)10-12-28(24,25)5/h7,15,19-21,23-24H,6,8-14H2,1-5H3/t19-,20+,21-,23-,24-,27-,28-/m0/s1. The van der Waals surface area contributed by atoms with Crippen LogP contribution in [0.25, 0.3) is 0 Å². The maximum Gasteiger partial charge on any atom is 0.337 e. The maximum atomic E-state index is 12.7. The normalized spacial score (nSPS) is 41.4. The molecule has 1 heterocycles. The Kier molecular flexibility index (Phi) is 5.53. The number of hydrogen-bond donors (Lipinski definition) is 0. The van der Waals surface area contributed by atoms with Gasteiger partial charge in [0.2, 0.25) is 0 Å². The monoisotopic (exact) mass is 454 g/mol. The van der Waals surface area contributed by atoms with Gasteiger partial charge in [-0.1, -0.05) is 25.5 Å². The number of rotatable bonds is 3. The summed E-state index contributed by atoms with van der Waals surface area (Å²) in [5.74, 6) is 2.49. The van der Waals surface area contributed by atoms with Crippen LogP contribution in [0.3, 0.4) is 0 Å². The van der Waals surface area contributed by atoms with Gasteiger partial charge in [0.05, 0.1) is 12.2 Å². The fraction of sp³-hybridized carbons (Fsp3) is 0.714. The lowest BCUT2D eigenvalue weighted by Crippen LogP contribution is -2.49. The van der Waals surface area contributed by atoms with Gasteiger partial charge in [0.1, 0.15) is 18.1 Å². The van der Waals surface area contributed by atoms with Gasteiger partial charge < -0.3 is 14.2 Å². The molecule has 180 valence electrons. The van der Waals surface area contributed by atoms with Gasteiger partial charge in [-0.2, -0.15) is 0 Å². The van der Waals surface area contributed by atoms with E-state index in [1.807, 2.05) is 6.92 Å². The van der Waals surface area contributed by atoms with Crippen LogP contribution in [0.1, 0.15) is 79.6 Å². The van der Waals surface area contributed by atoms with E-state index in [1.54, 1.807) is 6.26 Å². The summed E-state index contributed by atoms with van der Waals surface area (Å²) < 4.78 is 16.9. The van der Waals surface area contributed by atoms with E-state index in [2.05, 4.69) is 26.8 Å². The molecular formula is C28H38O5. The van der Waals surface area contributed by atoms with Crippen molar-refractivity contribution in [2.24, 2.45) is 34.5 Å². The number of allylic oxidation sites excluding steroid dienone is 3. The van der Waals surface area contributed by atoms with Crippen LogP contribution in [0.5, 0.6) is 0 Å². The number of carbonyl (C=O) groups is 2. The Morgan fingerprint density at radius 1 is 1.15 bits per heavy atom. The fourth-order valence-corrected chi connectivity index (χ4v) is 8.45. The molecule has 33 heavy (non-hydrogen) atoms. The second-order valence-electron chi connectivity index (χ2n) is 11.4. The molecular weight excluding hydrogens is 416 g/mol. The van der Waals surface area contributed by atoms with Crippen LogP contribution in [-0.2, 0) is 23.8 Å². The molecule has 0 aromatic carbocycles. The van der Waals surface area contributed by atoms with Crippen molar-refractivity contribution in [1.29, 1.82) is 0 Å². The Hall–Kier alpha value is -2.04. The zero-order valence-electron chi connectivity index (χ0n) is 20.7. The second-order valence-corrected chi connectivity index (χ2v) is 11.4. The minimum Gasteiger partial charge on any atom is -0.469 e. The predicted octanol–water partition coefficient (Wildman–Crippen LogP) is 5.86. The van der Waals surface area contributed by atoms with Gasteiger partial charge in [-0.05, 0) is 86.5 Å². The Balaban J connectivity index is 1.45. The van der Waals surface area contributed by atoms with Gasteiger partial charge in [-0.3, -0.25) is 4.79 Å². The maximum absolute atomic E-state index is 12.7. The van der Waals surface area contributed by atoms with Crippen molar-refractivity contribution in [3.8, 4) is 0 Å². The number of carbonyl (C=O) groups excluding carboxylic acids is 2. The average Bonchev–Trinajstić information content (AvgIpc) is 3.08. The first-order chi connectivity index (χ1) is 15.7. The van der Waals surface area contributed by atoms with Crippen LogP contribution in [-0.4, -0.2) is 24.6 Å². The van der Waals surface area contributed by atoms with Crippen LogP contribution in [0.4, 0.5) is 0 Å².